The van der Waals surface area contributed by atoms with E-state index in [1.54, 1.807) is 19.0 Å². The van der Waals surface area contributed by atoms with Crippen LogP contribution in [0.4, 0.5) is 110 Å². The van der Waals surface area contributed by atoms with E-state index in [9.17, 15) is 115 Å². The number of hydrogen-bond donors (Lipinski definition) is 1. The molecule has 0 radical (unpaired) electrons. The molecule has 0 atom stereocenters. The van der Waals surface area contributed by atoms with Crippen LogP contribution in [0.25, 0.3) is 0 Å². The van der Waals surface area contributed by atoms with Crippen molar-refractivity contribution in [3.05, 3.63) is 0 Å². The summed E-state index contributed by atoms with van der Waals surface area (Å²) in [6.45, 7) is 0.291. The third-order valence-corrected chi connectivity index (χ3v) is 7.22. The van der Waals surface area contributed by atoms with Crippen LogP contribution in [0.3, 0.4) is 0 Å². The van der Waals surface area contributed by atoms with Crippen molar-refractivity contribution in [1.82, 2.24) is 10.2 Å². The van der Waals surface area contributed by atoms with Crippen molar-refractivity contribution in [1.29, 1.82) is 0 Å². The first kappa shape index (κ1) is 48.0. The molecule has 0 bridgehead atoms. The summed E-state index contributed by atoms with van der Waals surface area (Å²) >= 11 is -0.165. The lowest BCUT2D eigenvalue weighted by Crippen LogP contribution is -2.78. The normalized spacial score (nSPS) is 15.9. The molecule has 0 saturated heterocycles. The molecule has 0 aromatic rings. The van der Waals surface area contributed by atoms with Gasteiger partial charge in [0.2, 0.25) is 5.91 Å². The maximum Gasteiger partial charge on any atom is 0.460 e. The molecule has 29 heteroatoms. The van der Waals surface area contributed by atoms with Gasteiger partial charge in [-0.15, -0.1) is 0 Å². The average Bonchev–Trinajstić information content (AvgIpc) is 2.91. The van der Waals surface area contributed by atoms with Crippen LogP contribution in [-0.2, 0) is 4.79 Å². The number of nitrogens with one attached hydrogen (secondary N) is 1. The van der Waals surface area contributed by atoms with E-state index in [1.165, 1.54) is 0 Å². The zero-order valence-corrected chi connectivity index (χ0v) is 24.8. The van der Waals surface area contributed by atoms with Crippen molar-refractivity contribution < 1.29 is 115 Å². The number of alkyl halides is 25. The highest BCUT2D eigenvalue weighted by atomic mass is 32.2. The zero-order chi connectivity index (χ0) is 40.8. The van der Waals surface area contributed by atoms with Gasteiger partial charge in [0, 0.05) is 13.0 Å². The molecule has 1 amide bonds. The van der Waals surface area contributed by atoms with E-state index >= 15 is 0 Å². The molecule has 0 unspecified atom stereocenters. The minimum atomic E-state index is -9.61. The van der Waals surface area contributed by atoms with Gasteiger partial charge < -0.3 is 10.2 Å². The van der Waals surface area contributed by atoms with Crippen molar-refractivity contribution in [2.75, 3.05) is 38.7 Å². The summed E-state index contributed by atoms with van der Waals surface area (Å²) in [7, 11) is 3.19. The van der Waals surface area contributed by atoms with Gasteiger partial charge in [-0.3, -0.25) is 4.79 Å². The van der Waals surface area contributed by atoms with Crippen LogP contribution in [0.2, 0.25) is 0 Å². The quantitative estimate of drug-likeness (QED) is 0.105. The molecule has 0 aliphatic heterocycles. The largest absolute Gasteiger partial charge is 0.460 e. The van der Waals surface area contributed by atoms with Gasteiger partial charge in [0.05, 0.1) is 5.75 Å². The molecule has 3 nitrogen and oxygen atoms in total. The number of carbonyl (C=O) groups excluding carboxylic acids is 1. The molecule has 0 fully saturated rings. The van der Waals surface area contributed by atoms with Crippen molar-refractivity contribution in [3.63, 3.8) is 0 Å². The molecule has 1 N–H and O–H groups in total. The summed E-state index contributed by atoms with van der Waals surface area (Å²) in [6.07, 6.45) is -10.8. The Morgan fingerprint density at radius 1 is 0.500 bits per heavy atom. The van der Waals surface area contributed by atoms with Gasteiger partial charge in [0.25, 0.3) is 0 Å². The minimum Gasteiger partial charge on any atom is -0.355 e. The summed E-state index contributed by atoms with van der Waals surface area (Å²) in [4.78, 5) is 13.1. The third-order valence-electron chi connectivity index (χ3n) is 6.26. The van der Waals surface area contributed by atoms with Crippen molar-refractivity contribution in [2.24, 2.45) is 0 Å². The van der Waals surface area contributed by atoms with Crippen LogP contribution in [0.15, 0.2) is 0 Å². The highest BCUT2D eigenvalue weighted by molar-refractivity contribution is 7.99. The van der Waals surface area contributed by atoms with Crippen molar-refractivity contribution in [2.45, 2.75) is 84.2 Å². The lowest BCUT2D eigenvalue weighted by molar-refractivity contribution is -0.482. The van der Waals surface area contributed by atoms with Crippen LogP contribution >= 0.6 is 11.8 Å². The monoisotopic (exact) mass is 822 g/mol. The van der Waals surface area contributed by atoms with Crippen LogP contribution in [-0.4, -0.2) is 121 Å². The minimum absolute atomic E-state index is 0.0863. The summed E-state index contributed by atoms with van der Waals surface area (Å²) < 4.78 is 337. The molecular weight excluding hydrogens is 803 g/mol. The number of halogens is 25. The molecule has 0 saturated carbocycles. The number of hydrogen-bond acceptors (Lipinski definition) is 3. The first-order chi connectivity index (χ1) is 21.6. The summed E-state index contributed by atoms with van der Waals surface area (Å²) in [6, 6.07) is 0. The maximum absolute atomic E-state index is 14.0. The average molecular weight is 822 g/mol. The Bertz CT molecular complexity index is 1170. The van der Waals surface area contributed by atoms with Crippen molar-refractivity contribution >= 4 is 17.7 Å². The van der Waals surface area contributed by atoms with E-state index in [0.29, 0.717) is 6.54 Å². The molecule has 0 aromatic carbocycles. The summed E-state index contributed by atoms with van der Waals surface area (Å²) in [5.41, 5.74) is 0. The Labute approximate surface area is 266 Å². The first-order valence-corrected chi connectivity index (χ1v) is 13.4. The standard InChI is InChI=1S/C21H19F25N2OS/c1-48(2)6-3-5-47-9(49)8-50-7-4-10(22,23)11(24,25)12(26,27)13(28,29)14(30,31)15(32,33)16(34,35)17(36,37)18(38,39)19(40,41)20(42,43)21(44,45)46/h3-8H2,1-2H3,(H,47,49). The van der Waals surface area contributed by atoms with Gasteiger partial charge in [0.1, 0.15) is 0 Å². The van der Waals surface area contributed by atoms with Gasteiger partial charge in [-0.25, -0.2) is 0 Å². The first-order valence-electron chi connectivity index (χ1n) is 12.3. The van der Waals surface area contributed by atoms with E-state index < -0.39 is 95.2 Å². The van der Waals surface area contributed by atoms with Gasteiger partial charge in [-0.2, -0.15) is 122 Å². The number of rotatable bonds is 19. The van der Waals surface area contributed by atoms with Gasteiger partial charge in [-0.05, 0) is 32.8 Å². The Morgan fingerprint density at radius 2 is 0.800 bits per heavy atom. The van der Waals surface area contributed by atoms with E-state index in [0.717, 1.165) is 0 Å². The number of nitrogens with zero attached hydrogens (tertiary/aromatic N) is 1. The SMILES string of the molecule is CN(C)CCCNC(=O)CSCCC(F)(F)C(F)(F)C(F)(F)C(F)(F)C(F)(F)C(F)(F)C(F)(F)C(F)(F)C(F)(F)C(F)(F)C(F)(F)C(F)(F)F. The molecule has 0 spiro atoms. The fraction of sp³-hybridized carbons (Fsp3) is 0.952. The number of thioether (sulfide) groups is 1. The van der Waals surface area contributed by atoms with Crippen molar-refractivity contribution in [3.8, 4) is 0 Å². The van der Waals surface area contributed by atoms with Gasteiger partial charge in [-0.1, -0.05) is 0 Å². The molecule has 0 heterocycles. The Hall–Kier alpha value is -1.97. The fourth-order valence-electron chi connectivity index (χ4n) is 3.18. The van der Waals surface area contributed by atoms with E-state index in [2.05, 4.69) is 5.32 Å². The lowest BCUT2D eigenvalue weighted by atomic mass is 9.84. The molecule has 0 aromatic heterocycles. The van der Waals surface area contributed by atoms with Gasteiger partial charge in [0.15, 0.2) is 0 Å². The van der Waals surface area contributed by atoms with Crippen LogP contribution in [0.5, 0.6) is 0 Å². The molecular formula is C21H19F25N2OS. The lowest BCUT2D eigenvalue weighted by Gasteiger charge is -2.45. The van der Waals surface area contributed by atoms with Crippen LogP contribution in [0.1, 0.15) is 12.8 Å². The van der Waals surface area contributed by atoms with E-state index in [4.69, 9.17) is 0 Å². The Kier molecular flexibility index (Phi) is 13.6. The second-order valence-corrected chi connectivity index (χ2v) is 11.4. The molecule has 300 valence electrons. The van der Waals surface area contributed by atoms with E-state index in [-0.39, 0.29) is 24.7 Å². The topological polar surface area (TPSA) is 32.3 Å². The highest BCUT2D eigenvalue weighted by Crippen LogP contribution is 2.67. The predicted octanol–water partition coefficient (Wildman–Crippen LogP) is 8.73. The predicted molar refractivity (Wildman–Crippen MR) is 119 cm³/mol. The molecule has 0 aliphatic rings. The second kappa shape index (κ2) is 14.1. The zero-order valence-electron chi connectivity index (χ0n) is 24.0. The molecule has 50 heavy (non-hydrogen) atoms. The summed E-state index contributed by atoms with van der Waals surface area (Å²) in [5, 5.41) is 2.11. The Balaban J connectivity index is 6.57. The molecule has 0 rings (SSSR count). The van der Waals surface area contributed by atoms with E-state index in [1.807, 2.05) is 0 Å². The smallest absolute Gasteiger partial charge is 0.355 e. The number of carbonyl (C=O) groups is 1. The highest BCUT2D eigenvalue weighted by Gasteiger charge is 2.99. The third kappa shape index (κ3) is 7.44. The van der Waals surface area contributed by atoms with Gasteiger partial charge >= 0.3 is 71.3 Å². The molecule has 0 aliphatic carbocycles. The van der Waals surface area contributed by atoms with Crippen LogP contribution < -0.4 is 5.32 Å². The summed E-state index contributed by atoms with van der Waals surface area (Å²) in [5.74, 6) is -102. The second-order valence-electron chi connectivity index (χ2n) is 10.3. The Morgan fingerprint density at radius 3 is 1.10 bits per heavy atom. The van der Waals surface area contributed by atoms with Crippen LogP contribution in [0, 0.1) is 0 Å². The fourth-order valence-corrected chi connectivity index (χ4v) is 4.01. The number of amides is 1. The maximum atomic E-state index is 14.0.